The molecule has 1 aromatic heterocycles. The highest BCUT2D eigenvalue weighted by atomic mass is 15.5. The third kappa shape index (κ3) is 3.05. The highest BCUT2D eigenvalue weighted by molar-refractivity contribution is 6.00. The Morgan fingerprint density at radius 1 is 0.680 bits per heavy atom. The van der Waals surface area contributed by atoms with Crippen LogP contribution >= 0.6 is 0 Å². The molecular weight excluding hydrogens is 306 g/mol. The molecule has 124 valence electrons. The van der Waals surface area contributed by atoms with Crippen LogP contribution in [0, 0.1) is 5.92 Å². The van der Waals surface area contributed by atoms with Gasteiger partial charge in [0.05, 0.1) is 6.54 Å². The van der Waals surface area contributed by atoms with Crippen LogP contribution in [0.1, 0.15) is 13.8 Å². The third-order valence-corrected chi connectivity index (χ3v) is 4.28. The SMILES string of the molecule is CC(C)Cn1nc2c(-c3ccccc3)ccc(-c3ccccc3)c2n1. The van der Waals surface area contributed by atoms with Crippen LogP contribution in [0.2, 0.25) is 0 Å². The number of aromatic nitrogens is 3. The Balaban J connectivity index is 1.95. The minimum Gasteiger partial charge on any atom is -0.183 e. The minimum atomic E-state index is 0.502. The van der Waals surface area contributed by atoms with Gasteiger partial charge in [0, 0.05) is 11.1 Å². The third-order valence-electron chi connectivity index (χ3n) is 4.28. The van der Waals surface area contributed by atoms with Crippen molar-refractivity contribution in [3.63, 3.8) is 0 Å². The van der Waals surface area contributed by atoms with Crippen LogP contribution in [0.3, 0.4) is 0 Å². The van der Waals surface area contributed by atoms with E-state index in [1.165, 1.54) is 11.1 Å². The van der Waals surface area contributed by atoms with Crippen molar-refractivity contribution in [2.75, 3.05) is 0 Å². The Labute approximate surface area is 147 Å². The molecule has 0 bridgehead atoms. The topological polar surface area (TPSA) is 30.7 Å². The number of fused-ring (bicyclic) bond motifs is 1. The largest absolute Gasteiger partial charge is 0.183 e. The molecule has 0 amide bonds. The first-order valence-corrected chi connectivity index (χ1v) is 8.71. The maximum absolute atomic E-state index is 4.82. The van der Waals surface area contributed by atoms with E-state index in [0.29, 0.717) is 5.92 Å². The maximum atomic E-state index is 4.82. The van der Waals surface area contributed by atoms with Gasteiger partial charge in [-0.15, -0.1) is 0 Å². The average Bonchev–Trinajstić information content (AvgIpc) is 3.05. The highest BCUT2D eigenvalue weighted by Crippen LogP contribution is 2.33. The lowest BCUT2D eigenvalue weighted by Gasteiger charge is -2.06. The molecule has 3 aromatic carbocycles. The summed E-state index contributed by atoms with van der Waals surface area (Å²) in [5.74, 6) is 0.502. The van der Waals surface area contributed by atoms with Crippen LogP contribution in [0.5, 0.6) is 0 Å². The molecule has 0 unspecified atom stereocenters. The second-order valence-electron chi connectivity index (χ2n) is 6.74. The minimum absolute atomic E-state index is 0.502. The zero-order valence-electron chi connectivity index (χ0n) is 14.6. The fraction of sp³-hybridized carbons (Fsp3) is 0.182. The van der Waals surface area contributed by atoms with Gasteiger partial charge >= 0.3 is 0 Å². The molecule has 3 heteroatoms. The summed E-state index contributed by atoms with van der Waals surface area (Å²) < 4.78 is 0. The van der Waals surface area contributed by atoms with Crippen molar-refractivity contribution in [1.82, 2.24) is 15.0 Å². The van der Waals surface area contributed by atoms with Crippen LogP contribution in [-0.4, -0.2) is 15.0 Å². The van der Waals surface area contributed by atoms with Crippen molar-refractivity contribution in [2.45, 2.75) is 20.4 Å². The molecule has 4 aromatic rings. The van der Waals surface area contributed by atoms with Gasteiger partial charge in [-0.2, -0.15) is 15.0 Å². The van der Waals surface area contributed by atoms with E-state index in [1.807, 2.05) is 16.9 Å². The molecule has 0 aliphatic heterocycles. The summed E-state index contributed by atoms with van der Waals surface area (Å²) in [5, 5.41) is 9.64. The van der Waals surface area contributed by atoms with Crippen molar-refractivity contribution in [3.8, 4) is 22.3 Å². The van der Waals surface area contributed by atoms with Gasteiger partial charge in [-0.25, -0.2) is 0 Å². The molecule has 0 fully saturated rings. The molecule has 0 saturated carbocycles. The first-order chi connectivity index (χ1) is 12.2. The van der Waals surface area contributed by atoms with Crippen LogP contribution in [-0.2, 0) is 6.54 Å². The fourth-order valence-corrected chi connectivity index (χ4v) is 3.14. The average molecular weight is 327 g/mol. The number of hydrogen-bond acceptors (Lipinski definition) is 2. The molecule has 1 heterocycles. The lowest BCUT2D eigenvalue weighted by atomic mass is 9.98. The Morgan fingerprint density at radius 2 is 1.12 bits per heavy atom. The van der Waals surface area contributed by atoms with Gasteiger partial charge in [-0.1, -0.05) is 86.6 Å². The van der Waals surface area contributed by atoms with E-state index in [1.54, 1.807) is 0 Å². The van der Waals surface area contributed by atoms with Gasteiger partial charge in [0.1, 0.15) is 11.0 Å². The number of benzene rings is 3. The summed E-state index contributed by atoms with van der Waals surface area (Å²) in [6.07, 6.45) is 0. The number of rotatable bonds is 4. The molecule has 3 nitrogen and oxygen atoms in total. The second kappa shape index (κ2) is 6.52. The maximum Gasteiger partial charge on any atom is 0.121 e. The van der Waals surface area contributed by atoms with Gasteiger partial charge in [0.25, 0.3) is 0 Å². The van der Waals surface area contributed by atoms with E-state index < -0.39 is 0 Å². The van der Waals surface area contributed by atoms with Crippen molar-refractivity contribution in [3.05, 3.63) is 72.8 Å². The predicted octanol–water partition coefficient (Wildman–Crippen LogP) is 5.42. The van der Waals surface area contributed by atoms with E-state index >= 15 is 0 Å². The first kappa shape index (κ1) is 15.6. The summed E-state index contributed by atoms with van der Waals surface area (Å²) >= 11 is 0. The van der Waals surface area contributed by atoms with Crippen molar-refractivity contribution >= 4 is 11.0 Å². The molecule has 4 rings (SSSR count). The van der Waals surface area contributed by atoms with E-state index in [2.05, 4.69) is 74.5 Å². The van der Waals surface area contributed by atoms with Crippen LogP contribution in [0.15, 0.2) is 72.8 Å². The van der Waals surface area contributed by atoms with Crippen LogP contribution in [0.25, 0.3) is 33.3 Å². The molecule has 0 radical (unpaired) electrons. The predicted molar refractivity (Wildman–Crippen MR) is 103 cm³/mol. The second-order valence-corrected chi connectivity index (χ2v) is 6.74. The summed E-state index contributed by atoms with van der Waals surface area (Å²) in [7, 11) is 0. The van der Waals surface area contributed by atoms with E-state index in [0.717, 1.165) is 28.7 Å². The molecular formula is C22H21N3. The zero-order valence-corrected chi connectivity index (χ0v) is 14.6. The summed E-state index contributed by atoms with van der Waals surface area (Å²) in [6.45, 7) is 5.19. The molecule has 0 atom stereocenters. The Morgan fingerprint density at radius 3 is 1.52 bits per heavy atom. The number of hydrogen-bond donors (Lipinski definition) is 0. The van der Waals surface area contributed by atoms with Gasteiger partial charge in [0.2, 0.25) is 0 Å². The highest BCUT2D eigenvalue weighted by Gasteiger charge is 2.15. The van der Waals surface area contributed by atoms with Crippen molar-refractivity contribution < 1.29 is 0 Å². The first-order valence-electron chi connectivity index (χ1n) is 8.71. The summed E-state index contributed by atoms with van der Waals surface area (Å²) in [5.41, 5.74) is 6.53. The lowest BCUT2D eigenvalue weighted by molar-refractivity contribution is 0.442. The Bertz CT molecular complexity index is 909. The van der Waals surface area contributed by atoms with Gasteiger partial charge < -0.3 is 0 Å². The smallest absolute Gasteiger partial charge is 0.121 e. The Kier molecular flexibility index (Phi) is 4.06. The number of nitrogens with zero attached hydrogens (tertiary/aromatic N) is 3. The van der Waals surface area contributed by atoms with E-state index in [9.17, 15) is 0 Å². The molecule has 0 aliphatic rings. The van der Waals surface area contributed by atoms with Crippen LogP contribution in [0.4, 0.5) is 0 Å². The summed E-state index contributed by atoms with van der Waals surface area (Å²) in [6, 6.07) is 25.1. The normalized spacial score (nSPS) is 11.3. The van der Waals surface area contributed by atoms with Gasteiger partial charge in [0.15, 0.2) is 0 Å². The zero-order chi connectivity index (χ0) is 17.2. The molecule has 0 aliphatic carbocycles. The standard InChI is InChI=1S/C22H21N3/c1-16(2)15-25-23-21-19(17-9-5-3-6-10-17)13-14-20(22(21)24-25)18-11-7-4-8-12-18/h3-14,16H,15H2,1-2H3. The molecule has 0 N–H and O–H groups in total. The van der Waals surface area contributed by atoms with Gasteiger partial charge in [-0.05, 0) is 17.0 Å². The van der Waals surface area contributed by atoms with Crippen molar-refractivity contribution in [2.24, 2.45) is 5.92 Å². The van der Waals surface area contributed by atoms with Gasteiger partial charge in [-0.3, -0.25) is 0 Å². The fourth-order valence-electron chi connectivity index (χ4n) is 3.14. The Hall–Kier alpha value is -2.94. The molecule has 0 saturated heterocycles. The van der Waals surface area contributed by atoms with Crippen molar-refractivity contribution in [1.29, 1.82) is 0 Å². The molecule has 0 spiro atoms. The summed E-state index contributed by atoms with van der Waals surface area (Å²) in [4.78, 5) is 1.84. The monoisotopic (exact) mass is 327 g/mol. The molecule has 25 heavy (non-hydrogen) atoms. The van der Waals surface area contributed by atoms with Crippen LogP contribution < -0.4 is 0 Å². The quantitative estimate of drug-likeness (QED) is 0.501. The van der Waals surface area contributed by atoms with E-state index in [-0.39, 0.29) is 0 Å². The van der Waals surface area contributed by atoms with E-state index in [4.69, 9.17) is 10.2 Å². The lowest BCUT2D eigenvalue weighted by Crippen LogP contribution is -2.07.